The van der Waals surface area contributed by atoms with Crippen molar-refractivity contribution in [2.45, 2.75) is 64.5 Å². The molecule has 1 saturated heterocycles. The van der Waals surface area contributed by atoms with Crippen molar-refractivity contribution in [1.82, 2.24) is 10.3 Å². The molecule has 0 amide bonds. The van der Waals surface area contributed by atoms with Crippen molar-refractivity contribution in [2.75, 3.05) is 13.1 Å². The van der Waals surface area contributed by atoms with Crippen LogP contribution in [0.5, 0.6) is 0 Å². The van der Waals surface area contributed by atoms with Crippen molar-refractivity contribution in [1.29, 1.82) is 0 Å². The molecule has 3 nitrogen and oxygen atoms in total. The average molecular weight is 289 g/mol. The second-order valence-electron chi connectivity index (χ2n) is 6.67. The molecule has 1 aliphatic heterocycles. The van der Waals surface area contributed by atoms with Gasteiger partial charge in [-0.1, -0.05) is 43.2 Å². The van der Waals surface area contributed by atoms with Crippen LogP contribution in [-0.4, -0.2) is 29.6 Å². The van der Waals surface area contributed by atoms with Gasteiger partial charge < -0.3 is 0 Å². The first-order valence-corrected chi connectivity index (χ1v) is 8.37. The van der Waals surface area contributed by atoms with Gasteiger partial charge in [0.05, 0.1) is 0 Å². The summed E-state index contributed by atoms with van der Waals surface area (Å²) in [6.07, 6.45) is 6.11. The Morgan fingerprint density at radius 1 is 1.19 bits per heavy atom. The minimum atomic E-state index is 0.125. The van der Waals surface area contributed by atoms with Crippen LogP contribution in [0.2, 0.25) is 0 Å². The lowest BCUT2D eigenvalue weighted by molar-refractivity contribution is 0.0429. The SMILES string of the molecule is CCC(C)(C(Cc1ccc(C)cc1)NN)N1CCCCC1. The van der Waals surface area contributed by atoms with Crippen LogP contribution in [0.3, 0.4) is 0 Å². The Morgan fingerprint density at radius 3 is 2.33 bits per heavy atom. The number of nitrogens with one attached hydrogen (secondary N) is 1. The Bertz CT molecular complexity index is 423. The van der Waals surface area contributed by atoms with E-state index in [1.807, 2.05) is 0 Å². The van der Waals surface area contributed by atoms with Gasteiger partial charge in [0.1, 0.15) is 0 Å². The molecule has 1 fully saturated rings. The van der Waals surface area contributed by atoms with E-state index in [9.17, 15) is 0 Å². The van der Waals surface area contributed by atoms with Gasteiger partial charge in [-0.15, -0.1) is 0 Å². The van der Waals surface area contributed by atoms with E-state index in [0.29, 0.717) is 0 Å². The Kier molecular flexibility index (Phi) is 5.80. The van der Waals surface area contributed by atoms with Gasteiger partial charge >= 0.3 is 0 Å². The van der Waals surface area contributed by atoms with Crippen molar-refractivity contribution < 1.29 is 0 Å². The predicted molar refractivity (Wildman–Crippen MR) is 90.1 cm³/mol. The third kappa shape index (κ3) is 3.85. The summed E-state index contributed by atoms with van der Waals surface area (Å²) in [6.45, 7) is 9.20. The van der Waals surface area contributed by atoms with E-state index >= 15 is 0 Å². The number of rotatable bonds is 6. The molecule has 3 N–H and O–H groups in total. The largest absolute Gasteiger partial charge is 0.296 e. The second-order valence-corrected chi connectivity index (χ2v) is 6.67. The van der Waals surface area contributed by atoms with Crippen LogP contribution in [0.4, 0.5) is 0 Å². The third-order valence-electron chi connectivity index (χ3n) is 5.31. The molecule has 1 aliphatic rings. The molecule has 1 aromatic rings. The molecule has 0 spiro atoms. The lowest BCUT2D eigenvalue weighted by Crippen LogP contribution is -2.62. The Morgan fingerprint density at radius 2 is 1.81 bits per heavy atom. The maximum Gasteiger partial charge on any atom is 0.0432 e. The van der Waals surface area contributed by atoms with Crippen LogP contribution in [0.1, 0.15) is 50.7 Å². The van der Waals surface area contributed by atoms with Crippen LogP contribution in [-0.2, 0) is 6.42 Å². The number of piperidine rings is 1. The van der Waals surface area contributed by atoms with Crippen LogP contribution < -0.4 is 11.3 Å². The van der Waals surface area contributed by atoms with E-state index in [1.54, 1.807) is 0 Å². The lowest BCUT2D eigenvalue weighted by Gasteiger charge is -2.48. The van der Waals surface area contributed by atoms with Gasteiger partial charge in [-0.05, 0) is 58.2 Å². The summed E-state index contributed by atoms with van der Waals surface area (Å²) in [5, 5.41) is 0. The smallest absolute Gasteiger partial charge is 0.0432 e. The minimum absolute atomic E-state index is 0.125. The van der Waals surface area contributed by atoms with E-state index in [2.05, 4.69) is 55.4 Å². The van der Waals surface area contributed by atoms with Crippen molar-refractivity contribution in [3.05, 3.63) is 35.4 Å². The molecule has 1 heterocycles. The fourth-order valence-electron chi connectivity index (χ4n) is 3.51. The maximum absolute atomic E-state index is 5.94. The van der Waals surface area contributed by atoms with Crippen LogP contribution in [0, 0.1) is 6.92 Å². The van der Waals surface area contributed by atoms with E-state index in [-0.39, 0.29) is 11.6 Å². The highest BCUT2D eigenvalue weighted by atomic mass is 15.3. The monoisotopic (exact) mass is 289 g/mol. The number of aryl methyl sites for hydroxylation is 1. The lowest BCUT2D eigenvalue weighted by atomic mass is 9.82. The van der Waals surface area contributed by atoms with Gasteiger partial charge in [0.2, 0.25) is 0 Å². The zero-order chi connectivity index (χ0) is 15.3. The molecule has 0 saturated carbocycles. The van der Waals surface area contributed by atoms with Gasteiger partial charge in [0.15, 0.2) is 0 Å². The summed E-state index contributed by atoms with van der Waals surface area (Å²) in [5.74, 6) is 5.94. The minimum Gasteiger partial charge on any atom is -0.296 e. The van der Waals surface area contributed by atoms with Crippen LogP contribution in [0.15, 0.2) is 24.3 Å². The van der Waals surface area contributed by atoms with E-state index in [1.165, 1.54) is 43.5 Å². The molecule has 1 aromatic carbocycles. The van der Waals surface area contributed by atoms with Crippen molar-refractivity contribution >= 4 is 0 Å². The number of nitrogens with two attached hydrogens (primary N) is 1. The van der Waals surface area contributed by atoms with Crippen molar-refractivity contribution in [3.63, 3.8) is 0 Å². The van der Waals surface area contributed by atoms with Crippen molar-refractivity contribution in [3.8, 4) is 0 Å². The molecular formula is C18H31N3. The number of nitrogens with zero attached hydrogens (tertiary/aromatic N) is 1. The highest BCUT2D eigenvalue weighted by molar-refractivity contribution is 5.23. The predicted octanol–water partition coefficient (Wildman–Crippen LogP) is 3.02. The standard InChI is InChI=1S/C18H31N3/c1-4-18(3,21-12-6-5-7-13-21)17(20-19)14-16-10-8-15(2)9-11-16/h8-11,17,20H,4-7,12-14,19H2,1-3H3. The van der Waals surface area contributed by atoms with E-state index < -0.39 is 0 Å². The Balaban J connectivity index is 2.13. The summed E-state index contributed by atoms with van der Waals surface area (Å²) in [4.78, 5) is 2.65. The summed E-state index contributed by atoms with van der Waals surface area (Å²) < 4.78 is 0. The molecule has 118 valence electrons. The summed E-state index contributed by atoms with van der Waals surface area (Å²) >= 11 is 0. The molecule has 21 heavy (non-hydrogen) atoms. The molecule has 0 bridgehead atoms. The van der Waals surface area contributed by atoms with Crippen molar-refractivity contribution in [2.24, 2.45) is 5.84 Å². The molecule has 2 atom stereocenters. The molecular weight excluding hydrogens is 258 g/mol. The third-order valence-corrected chi connectivity index (χ3v) is 5.31. The topological polar surface area (TPSA) is 41.3 Å². The molecule has 0 radical (unpaired) electrons. The first kappa shape index (κ1) is 16.5. The van der Waals surface area contributed by atoms with Crippen LogP contribution >= 0.6 is 0 Å². The van der Waals surface area contributed by atoms with Crippen LogP contribution in [0.25, 0.3) is 0 Å². The molecule has 0 aromatic heterocycles. The number of hydrogen-bond donors (Lipinski definition) is 2. The second kappa shape index (κ2) is 7.39. The molecule has 2 rings (SSSR count). The van der Waals surface area contributed by atoms with E-state index in [4.69, 9.17) is 5.84 Å². The quantitative estimate of drug-likeness (QED) is 0.625. The van der Waals surface area contributed by atoms with E-state index in [0.717, 1.165) is 12.8 Å². The van der Waals surface area contributed by atoms with Gasteiger partial charge in [-0.2, -0.15) is 0 Å². The first-order valence-electron chi connectivity index (χ1n) is 8.37. The summed E-state index contributed by atoms with van der Waals surface area (Å²) in [7, 11) is 0. The molecule has 0 aliphatic carbocycles. The Hall–Kier alpha value is -0.900. The van der Waals surface area contributed by atoms with Gasteiger partial charge in [0.25, 0.3) is 0 Å². The fraction of sp³-hybridized carbons (Fsp3) is 0.667. The number of benzene rings is 1. The maximum atomic E-state index is 5.94. The normalized spacial score (nSPS) is 21.0. The Labute approximate surface area is 129 Å². The fourth-order valence-corrected chi connectivity index (χ4v) is 3.51. The zero-order valence-electron chi connectivity index (χ0n) is 13.9. The summed E-state index contributed by atoms with van der Waals surface area (Å²) in [5.41, 5.74) is 5.91. The molecule has 3 heteroatoms. The zero-order valence-corrected chi connectivity index (χ0v) is 13.9. The average Bonchev–Trinajstić information content (AvgIpc) is 2.54. The first-order chi connectivity index (χ1) is 10.1. The number of likely N-dealkylation sites (tertiary alicyclic amines) is 1. The number of hydrogen-bond acceptors (Lipinski definition) is 3. The molecule has 2 unspecified atom stereocenters. The highest BCUT2D eigenvalue weighted by Crippen LogP contribution is 2.29. The summed E-state index contributed by atoms with van der Waals surface area (Å²) in [6, 6.07) is 9.11. The van der Waals surface area contributed by atoms with Gasteiger partial charge in [0, 0.05) is 11.6 Å². The number of hydrazine groups is 1. The highest BCUT2D eigenvalue weighted by Gasteiger charge is 2.38. The van der Waals surface area contributed by atoms with Gasteiger partial charge in [-0.25, -0.2) is 0 Å². The van der Waals surface area contributed by atoms with Gasteiger partial charge in [-0.3, -0.25) is 16.2 Å².